The van der Waals surface area contributed by atoms with Gasteiger partial charge in [0.25, 0.3) is 0 Å². The standard InChI is InChI=1S/C12H14O2/c1-2-3-9-12(13)14-10-11-7-5-4-6-8-11/h2-8H,9-10H2,1H3/b3-2-. The number of carbonyl (C=O) groups excluding carboxylic acids is 1. The van der Waals surface area contributed by atoms with Crippen molar-refractivity contribution in [2.75, 3.05) is 0 Å². The summed E-state index contributed by atoms with van der Waals surface area (Å²) in [5, 5.41) is 0. The lowest BCUT2D eigenvalue weighted by atomic mass is 10.2. The molecule has 0 fully saturated rings. The molecule has 0 bridgehead atoms. The highest BCUT2D eigenvalue weighted by atomic mass is 16.5. The van der Waals surface area contributed by atoms with E-state index in [4.69, 9.17) is 4.74 Å². The van der Waals surface area contributed by atoms with Crippen LogP contribution < -0.4 is 0 Å². The molecule has 0 amide bonds. The maximum absolute atomic E-state index is 11.1. The molecule has 0 aliphatic rings. The van der Waals surface area contributed by atoms with Crippen LogP contribution >= 0.6 is 0 Å². The summed E-state index contributed by atoms with van der Waals surface area (Å²) in [5.74, 6) is -0.188. The predicted octanol–water partition coefficient (Wildman–Crippen LogP) is 2.70. The van der Waals surface area contributed by atoms with Crippen molar-refractivity contribution < 1.29 is 9.53 Å². The molecule has 14 heavy (non-hydrogen) atoms. The third kappa shape index (κ3) is 3.90. The number of carbonyl (C=O) groups is 1. The van der Waals surface area contributed by atoms with Crippen LogP contribution in [0.5, 0.6) is 0 Å². The van der Waals surface area contributed by atoms with Crippen LogP contribution in [0, 0.1) is 0 Å². The van der Waals surface area contributed by atoms with Crippen LogP contribution in [0.15, 0.2) is 42.5 Å². The zero-order chi connectivity index (χ0) is 10.2. The lowest BCUT2D eigenvalue weighted by molar-refractivity contribution is -0.143. The Bertz CT molecular complexity index is 301. The Labute approximate surface area is 84.2 Å². The second kappa shape index (κ2) is 5.97. The summed E-state index contributed by atoms with van der Waals surface area (Å²) in [4.78, 5) is 11.1. The fraction of sp³-hybridized carbons (Fsp3) is 0.250. The van der Waals surface area contributed by atoms with E-state index in [1.165, 1.54) is 0 Å². The molecule has 0 N–H and O–H groups in total. The molecule has 74 valence electrons. The van der Waals surface area contributed by atoms with Crippen LogP contribution in [-0.4, -0.2) is 5.97 Å². The Morgan fingerprint density at radius 1 is 1.36 bits per heavy atom. The molecule has 0 spiro atoms. The van der Waals surface area contributed by atoms with E-state index in [1.807, 2.05) is 43.3 Å². The van der Waals surface area contributed by atoms with E-state index in [-0.39, 0.29) is 5.97 Å². The van der Waals surface area contributed by atoms with Crippen LogP contribution in [0.1, 0.15) is 18.9 Å². The van der Waals surface area contributed by atoms with Crippen molar-refractivity contribution in [1.82, 2.24) is 0 Å². The summed E-state index contributed by atoms with van der Waals surface area (Å²) in [6.45, 7) is 2.24. The van der Waals surface area contributed by atoms with Crippen LogP contribution in [0.25, 0.3) is 0 Å². The van der Waals surface area contributed by atoms with Gasteiger partial charge in [0.15, 0.2) is 0 Å². The molecular formula is C12H14O2. The van der Waals surface area contributed by atoms with E-state index in [1.54, 1.807) is 6.08 Å². The second-order valence-corrected chi connectivity index (χ2v) is 2.92. The average molecular weight is 190 g/mol. The van der Waals surface area contributed by atoms with Gasteiger partial charge in [-0.1, -0.05) is 42.5 Å². The first-order valence-corrected chi connectivity index (χ1v) is 4.63. The Kier molecular flexibility index (Phi) is 4.48. The van der Waals surface area contributed by atoms with E-state index in [0.29, 0.717) is 13.0 Å². The van der Waals surface area contributed by atoms with Gasteiger partial charge in [0.1, 0.15) is 6.61 Å². The van der Waals surface area contributed by atoms with E-state index >= 15 is 0 Å². The quantitative estimate of drug-likeness (QED) is 0.539. The number of esters is 1. The molecule has 0 radical (unpaired) electrons. The summed E-state index contributed by atoms with van der Waals surface area (Å²) in [7, 11) is 0. The van der Waals surface area contributed by atoms with Gasteiger partial charge >= 0.3 is 5.97 Å². The minimum absolute atomic E-state index is 0.188. The monoisotopic (exact) mass is 190 g/mol. The van der Waals surface area contributed by atoms with Gasteiger partial charge in [-0.05, 0) is 12.5 Å². The van der Waals surface area contributed by atoms with Crippen LogP contribution in [0.3, 0.4) is 0 Å². The number of benzene rings is 1. The molecule has 0 aliphatic heterocycles. The first kappa shape index (κ1) is 10.5. The van der Waals surface area contributed by atoms with Gasteiger partial charge in [-0.3, -0.25) is 4.79 Å². The number of allylic oxidation sites excluding steroid dienone is 1. The highest BCUT2D eigenvalue weighted by molar-refractivity contribution is 5.71. The largest absolute Gasteiger partial charge is 0.461 e. The molecule has 0 saturated carbocycles. The lowest BCUT2D eigenvalue weighted by Gasteiger charge is -2.02. The van der Waals surface area contributed by atoms with Crippen LogP contribution in [-0.2, 0) is 16.1 Å². The molecule has 0 saturated heterocycles. The highest BCUT2D eigenvalue weighted by Crippen LogP contribution is 2.01. The van der Waals surface area contributed by atoms with E-state index in [9.17, 15) is 4.79 Å². The molecular weight excluding hydrogens is 176 g/mol. The van der Waals surface area contributed by atoms with E-state index in [0.717, 1.165) is 5.56 Å². The number of ether oxygens (including phenoxy) is 1. The molecule has 0 atom stereocenters. The number of rotatable bonds is 4. The fourth-order valence-corrected chi connectivity index (χ4v) is 1.01. The Morgan fingerprint density at radius 2 is 2.07 bits per heavy atom. The van der Waals surface area contributed by atoms with Gasteiger partial charge in [-0.2, -0.15) is 0 Å². The van der Waals surface area contributed by atoms with E-state index < -0.39 is 0 Å². The Morgan fingerprint density at radius 3 is 2.71 bits per heavy atom. The topological polar surface area (TPSA) is 26.3 Å². The maximum Gasteiger partial charge on any atom is 0.309 e. The van der Waals surface area contributed by atoms with Crippen LogP contribution in [0.4, 0.5) is 0 Å². The number of hydrogen-bond acceptors (Lipinski definition) is 2. The van der Waals surface area contributed by atoms with E-state index in [2.05, 4.69) is 0 Å². The van der Waals surface area contributed by atoms with Gasteiger partial charge in [-0.25, -0.2) is 0 Å². The summed E-state index contributed by atoms with van der Waals surface area (Å²) >= 11 is 0. The predicted molar refractivity (Wildman–Crippen MR) is 55.7 cm³/mol. The minimum atomic E-state index is -0.188. The van der Waals surface area contributed by atoms with Crippen molar-refractivity contribution in [3.8, 4) is 0 Å². The molecule has 1 aromatic rings. The van der Waals surface area contributed by atoms with Gasteiger partial charge in [0, 0.05) is 0 Å². The van der Waals surface area contributed by atoms with Crippen molar-refractivity contribution >= 4 is 5.97 Å². The van der Waals surface area contributed by atoms with Gasteiger partial charge in [0.2, 0.25) is 0 Å². The Balaban J connectivity index is 2.31. The SMILES string of the molecule is C/C=C\CC(=O)OCc1ccccc1. The molecule has 0 aliphatic carbocycles. The van der Waals surface area contributed by atoms with Gasteiger partial charge in [0.05, 0.1) is 6.42 Å². The van der Waals surface area contributed by atoms with Crippen molar-refractivity contribution in [2.45, 2.75) is 20.0 Å². The van der Waals surface area contributed by atoms with Gasteiger partial charge < -0.3 is 4.74 Å². The van der Waals surface area contributed by atoms with Crippen molar-refractivity contribution in [3.05, 3.63) is 48.0 Å². The molecule has 0 heterocycles. The smallest absolute Gasteiger partial charge is 0.309 e. The zero-order valence-corrected chi connectivity index (χ0v) is 8.27. The van der Waals surface area contributed by atoms with Gasteiger partial charge in [-0.15, -0.1) is 0 Å². The van der Waals surface area contributed by atoms with Crippen LogP contribution in [0.2, 0.25) is 0 Å². The summed E-state index contributed by atoms with van der Waals surface area (Å²) in [6.07, 6.45) is 3.97. The first-order chi connectivity index (χ1) is 6.83. The molecule has 1 rings (SSSR count). The summed E-state index contributed by atoms with van der Waals surface area (Å²) < 4.78 is 5.04. The molecule has 1 aromatic carbocycles. The highest BCUT2D eigenvalue weighted by Gasteiger charge is 1.99. The van der Waals surface area contributed by atoms with Crippen molar-refractivity contribution in [1.29, 1.82) is 0 Å². The third-order valence-corrected chi connectivity index (χ3v) is 1.76. The zero-order valence-electron chi connectivity index (χ0n) is 8.27. The Hall–Kier alpha value is -1.57. The first-order valence-electron chi connectivity index (χ1n) is 4.63. The second-order valence-electron chi connectivity index (χ2n) is 2.92. The third-order valence-electron chi connectivity index (χ3n) is 1.76. The van der Waals surface area contributed by atoms with Crippen molar-refractivity contribution in [2.24, 2.45) is 0 Å². The summed E-state index contributed by atoms with van der Waals surface area (Å²) in [6, 6.07) is 9.65. The average Bonchev–Trinajstić information content (AvgIpc) is 2.25. The molecule has 0 aromatic heterocycles. The molecule has 2 nitrogen and oxygen atoms in total. The fourth-order valence-electron chi connectivity index (χ4n) is 1.01. The lowest BCUT2D eigenvalue weighted by Crippen LogP contribution is -2.02. The molecule has 2 heteroatoms. The molecule has 0 unspecified atom stereocenters. The summed E-state index contributed by atoms with van der Waals surface area (Å²) in [5.41, 5.74) is 1.02. The van der Waals surface area contributed by atoms with Crippen molar-refractivity contribution in [3.63, 3.8) is 0 Å². The minimum Gasteiger partial charge on any atom is -0.461 e. The number of hydrogen-bond donors (Lipinski definition) is 0. The maximum atomic E-state index is 11.1. The normalized spacial score (nSPS) is 10.4.